The van der Waals surface area contributed by atoms with Crippen LogP contribution in [0, 0.1) is 0 Å². The minimum atomic E-state index is -0.695. The van der Waals surface area contributed by atoms with Gasteiger partial charge in [0.15, 0.2) is 11.5 Å². The number of carbonyl (C=O) groups excluding carboxylic acids is 1. The van der Waals surface area contributed by atoms with Crippen molar-refractivity contribution in [3.8, 4) is 11.5 Å². The van der Waals surface area contributed by atoms with Crippen molar-refractivity contribution in [1.82, 2.24) is 5.32 Å². The lowest BCUT2D eigenvalue weighted by molar-refractivity contribution is -0.130. The van der Waals surface area contributed by atoms with Crippen molar-refractivity contribution in [1.29, 1.82) is 0 Å². The average Bonchev–Trinajstić information content (AvgIpc) is 3.21. The lowest BCUT2D eigenvalue weighted by Gasteiger charge is -2.27. The SMILES string of the molecule is O=C(NC(c1ccc(Cl)cc1)c1cccs1)C1COc2ccccc2O1. The van der Waals surface area contributed by atoms with Gasteiger partial charge in [0.1, 0.15) is 6.61 Å². The van der Waals surface area contributed by atoms with Crippen molar-refractivity contribution in [3.63, 3.8) is 0 Å². The van der Waals surface area contributed by atoms with E-state index in [-0.39, 0.29) is 18.6 Å². The molecule has 1 N–H and O–H groups in total. The lowest BCUT2D eigenvalue weighted by atomic mass is 10.0. The number of amides is 1. The monoisotopic (exact) mass is 385 g/mol. The fourth-order valence-electron chi connectivity index (χ4n) is 2.81. The lowest BCUT2D eigenvalue weighted by Crippen LogP contribution is -2.45. The molecule has 2 heterocycles. The van der Waals surface area contributed by atoms with Crippen LogP contribution in [0.25, 0.3) is 0 Å². The molecule has 3 aromatic rings. The average molecular weight is 386 g/mol. The van der Waals surface area contributed by atoms with Gasteiger partial charge in [0.05, 0.1) is 6.04 Å². The highest BCUT2D eigenvalue weighted by Crippen LogP contribution is 2.32. The first-order valence-electron chi connectivity index (χ1n) is 8.18. The van der Waals surface area contributed by atoms with E-state index < -0.39 is 6.10 Å². The largest absolute Gasteiger partial charge is 0.485 e. The van der Waals surface area contributed by atoms with E-state index in [4.69, 9.17) is 21.1 Å². The second kappa shape index (κ2) is 7.40. The third-order valence-electron chi connectivity index (χ3n) is 4.12. The quantitative estimate of drug-likeness (QED) is 0.721. The van der Waals surface area contributed by atoms with Crippen molar-refractivity contribution >= 4 is 28.8 Å². The Kier molecular flexibility index (Phi) is 4.82. The summed E-state index contributed by atoms with van der Waals surface area (Å²) in [6.45, 7) is 0.181. The van der Waals surface area contributed by atoms with Gasteiger partial charge in [-0.2, -0.15) is 0 Å². The zero-order valence-corrected chi connectivity index (χ0v) is 15.3. The topological polar surface area (TPSA) is 47.6 Å². The Morgan fingerprint density at radius 3 is 2.58 bits per heavy atom. The molecule has 1 aliphatic rings. The van der Waals surface area contributed by atoms with Gasteiger partial charge in [0.25, 0.3) is 5.91 Å². The molecule has 4 rings (SSSR count). The molecule has 0 saturated carbocycles. The van der Waals surface area contributed by atoms with Gasteiger partial charge in [-0.3, -0.25) is 4.79 Å². The number of carbonyl (C=O) groups is 1. The highest BCUT2D eigenvalue weighted by Gasteiger charge is 2.29. The zero-order valence-electron chi connectivity index (χ0n) is 13.7. The van der Waals surface area contributed by atoms with Gasteiger partial charge in [-0.15, -0.1) is 11.3 Å². The van der Waals surface area contributed by atoms with E-state index in [0.717, 1.165) is 10.4 Å². The number of halogens is 1. The van der Waals surface area contributed by atoms with Crippen LogP contribution in [0.2, 0.25) is 5.02 Å². The molecule has 132 valence electrons. The minimum Gasteiger partial charge on any atom is -0.485 e. The van der Waals surface area contributed by atoms with E-state index >= 15 is 0 Å². The Labute approximate surface area is 160 Å². The summed E-state index contributed by atoms with van der Waals surface area (Å²) in [5, 5.41) is 5.72. The van der Waals surface area contributed by atoms with E-state index in [1.807, 2.05) is 60.0 Å². The number of thiophene rings is 1. The van der Waals surface area contributed by atoms with E-state index in [2.05, 4.69) is 5.32 Å². The second-order valence-corrected chi connectivity index (χ2v) is 7.29. The van der Waals surface area contributed by atoms with Crippen LogP contribution in [-0.4, -0.2) is 18.6 Å². The molecule has 0 bridgehead atoms. The van der Waals surface area contributed by atoms with Crippen molar-refractivity contribution in [3.05, 3.63) is 81.5 Å². The summed E-state index contributed by atoms with van der Waals surface area (Å²) in [6.07, 6.45) is -0.695. The van der Waals surface area contributed by atoms with Crippen LogP contribution < -0.4 is 14.8 Å². The fraction of sp³-hybridized carbons (Fsp3) is 0.150. The number of fused-ring (bicyclic) bond motifs is 1. The number of benzene rings is 2. The van der Waals surface area contributed by atoms with Gasteiger partial charge in [-0.25, -0.2) is 0 Å². The molecule has 1 amide bonds. The maximum absolute atomic E-state index is 12.8. The summed E-state index contributed by atoms with van der Waals surface area (Å²) in [5.74, 6) is 1.02. The normalized spacial score (nSPS) is 16.7. The molecule has 2 aromatic carbocycles. The zero-order chi connectivity index (χ0) is 17.9. The van der Waals surface area contributed by atoms with Crippen LogP contribution in [0.4, 0.5) is 0 Å². The fourth-order valence-corrected chi connectivity index (χ4v) is 3.74. The molecular weight excluding hydrogens is 370 g/mol. The number of hydrogen-bond donors (Lipinski definition) is 1. The van der Waals surface area contributed by atoms with Crippen molar-refractivity contribution < 1.29 is 14.3 Å². The summed E-state index contributed by atoms with van der Waals surface area (Å²) in [6, 6.07) is 18.5. The highest BCUT2D eigenvalue weighted by atomic mass is 35.5. The minimum absolute atomic E-state index is 0.181. The molecule has 0 spiro atoms. The van der Waals surface area contributed by atoms with Crippen LogP contribution in [0.1, 0.15) is 16.5 Å². The molecule has 2 unspecified atom stereocenters. The molecule has 0 radical (unpaired) electrons. The van der Waals surface area contributed by atoms with Crippen LogP contribution in [-0.2, 0) is 4.79 Å². The van der Waals surface area contributed by atoms with Gasteiger partial charge in [-0.05, 0) is 41.3 Å². The summed E-state index contributed by atoms with van der Waals surface area (Å²) >= 11 is 7.58. The first-order chi connectivity index (χ1) is 12.7. The number of hydrogen-bond acceptors (Lipinski definition) is 4. The number of ether oxygens (including phenoxy) is 2. The van der Waals surface area contributed by atoms with Crippen LogP contribution >= 0.6 is 22.9 Å². The predicted molar refractivity (Wildman–Crippen MR) is 102 cm³/mol. The predicted octanol–water partition coefficient (Wildman–Crippen LogP) is 4.45. The molecule has 0 saturated heterocycles. The van der Waals surface area contributed by atoms with E-state index in [0.29, 0.717) is 16.5 Å². The van der Waals surface area contributed by atoms with Crippen LogP contribution in [0.15, 0.2) is 66.0 Å². The molecule has 2 atom stereocenters. The Bertz CT molecular complexity index is 896. The van der Waals surface area contributed by atoms with Crippen LogP contribution in [0.5, 0.6) is 11.5 Å². The molecular formula is C20H16ClNO3S. The van der Waals surface area contributed by atoms with E-state index in [1.165, 1.54) is 0 Å². The standard InChI is InChI=1S/C20H16ClNO3S/c21-14-9-7-13(8-10-14)19(18-6-3-11-26-18)22-20(23)17-12-24-15-4-1-2-5-16(15)25-17/h1-11,17,19H,12H2,(H,22,23). The molecule has 0 aliphatic carbocycles. The van der Waals surface area contributed by atoms with Crippen molar-refractivity contribution in [2.24, 2.45) is 0 Å². The smallest absolute Gasteiger partial charge is 0.265 e. The van der Waals surface area contributed by atoms with Crippen molar-refractivity contribution in [2.75, 3.05) is 6.61 Å². The Hall–Kier alpha value is -2.50. The number of para-hydroxylation sites is 2. The first-order valence-corrected chi connectivity index (χ1v) is 9.44. The number of rotatable bonds is 4. The van der Waals surface area contributed by atoms with Gasteiger partial charge in [0, 0.05) is 9.90 Å². The Balaban J connectivity index is 1.54. The van der Waals surface area contributed by atoms with E-state index in [9.17, 15) is 4.79 Å². The third-order valence-corrected chi connectivity index (χ3v) is 5.31. The maximum atomic E-state index is 12.8. The summed E-state index contributed by atoms with van der Waals surface area (Å²) in [5.41, 5.74) is 0.960. The van der Waals surface area contributed by atoms with Gasteiger partial charge in [0.2, 0.25) is 6.10 Å². The third kappa shape index (κ3) is 3.54. The maximum Gasteiger partial charge on any atom is 0.265 e. The summed E-state index contributed by atoms with van der Waals surface area (Å²) in [7, 11) is 0. The van der Waals surface area contributed by atoms with E-state index in [1.54, 1.807) is 17.4 Å². The van der Waals surface area contributed by atoms with Gasteiger partial charge < -0.3 is 14.8 Å². The summed E-state index contributed by atoms with van der Waals surface area (Å²) in [4.78, 5) is 13.9. The van der Waals surface area contributed by atoms with Crippen LogP contribution in [0.3, 0.4) is 0 Å². The molecule has 4 nitrogen and oxygen atoms in total. The van der Waals surface area contributed by atoms with Gasteiger partial charge in [-0.1, -0.05) is 41.9 Å². The van der Waals surface area contributed by atoms with Crippen molar-refractivity contribution in [2.45, 2.75) is 12.1 Å². The van der Waals surface area contributed by atoms with Gasteiger partial charge >= 0.3 is 0 Å². The second-order valence-electron chi connectivity index (χ2n) is 5.87. The Morgan fingerprint density at radius 2 is 1.85 bits per heavy atom. The highest BCUT2D eigenvalue weighted by molar-refractivity contribution is 7.10. The number of nitrogens with one attached hydrogen (secondary N) is 1. The first kappa shape index (κ1) is 16.9. The Morgan fingerprint density at radius 1 is 1.08 bits per heavy atom. The molecule has 1 aromatic heterocycles. The molecule has 1 aliphatic heterocycles. The molecule has 0 fully saturated rings. The molecule has 6 heteroatoms. The molecule has 26 heavy (non-hydrogen) atoms. The summed E-state index contributed by atoms with van der Waals surface area (Å²) < 4.78 is 11.5.